The van der Waals surface area contributed by atoms with Crippen molar-refractivity contribution in [2.75, 3.05) is 26.9 Å². The lowest BCUT2D eigenvalue weighted by Gasteiger charge is -2.36. The van der Waals surface area contributed by atoms with Gasteiger partial charge in [0.2, 0.25) is 0 Å². The lowest BCUT2D eigenvalue weighted by Crippen LogP contribution is -2.50. The smallest absolute Gasteiger partial charge is 0.109 e. The van der Waals surface area contributed by atoms with Crippen molar-refractivity contribution in [2.24, 2.45) is 0 Å². The molecule has 1 fully saturated rings. The maximum atomic E-state index is 9.93. The van der Waals surface area contributed by atoms with Crippen molar-refractivity contribution in [3.8, 4) is 0 Å². The molecule has 0 bridgehead atoms. The van der Waals surface area contributed by atoms with Gasteiger partial charge in [0, 0.05) is 20.1 Å². The molecule has 1 aliphatic heterocycles. The number of ether oxygens (including phenoxy) is 3. The number of rotatable bonds is 22. The zero-order valence-corrected chi connectivity index (χ0v) is 21.6. The zero-order valence-electron chi connectivity index (χ0n) is 21.6. The van der Waals surface area contributed by atoms with Crippen LogP contribution in [0.25, 0.3) is 0 Å². The van der Waals surface area contributed by atoms with E-state index in [0.717, 1.165) is 19.4 Å². The van der Waals surface area contributed by atoms with Crippen LogP contribution in [0.1, 0.15) is 116 Å². The summed E-state index contributed by atoms with van der Waals surface area (Å²) in [5.74, 6) is 0. The molecule has 0 aliphatic carbocycles. The number of hydrogen-bond donors (Lipinski definition) is 3. The summed E-state index contributed by atoms with van der Waals surface area (Å²) < 4.78 is 17.0. The van der Waals surface area contributed by atoms with Crippen LogP contribution in [0.2, 0.25) is 0 Å². The van der Waals surface area contributed by atoms with E-state index in [1.54, 1.807) is 7.11 Å². The highest BCUT2D eigenvalue weighted by molar-refractivity contribution is 4.85. The maximum Gasteiger partial charge on any atom is 0.109 e. The first-order chi connectivity index (χ1) is 16.1. The summed E-state index contributed by atoms with van der Waals surface area (Å²) in [5.41, 5.74) is 0. The van der Waals surface area contributed by atoms with E-state index in [2.05, 4.69) is 6.92 Å². The minimum absolute atomic E-state index is 0.00295. The van der Waals surface area contributed by atoms with Crippen molar-refractivity contribution in [1.82, 2.24) is 0 Å². The van der Waals surface area contributed by atoms with E-state index in [4.69, 9.17) is 14.2 Å². The third-order valence-electron chi connectivity index (χ3n) is 6.92. The van der Waals surface area contributed by atoms with Crippen LogP contribution in [0.15, 0.2) is 0 Å². The molecule has 1 heterocycles. The van der Waals surface area contributed by atoms with Crippen LogP contribution < -0.4 is 0 Å². The van der Waals surface area contributed by atoms with E-state index in [9.17, 15) is 15.3 Å². The molecule has 1 aliphatic rings. The quantitative estimate of drug-likeness (QED) is 0.188. The molecule has 6 heteroatoms. The molecule has 33 heavy (non-hydrogen) atoms. The third kappa shape index (κ3) is 15.4. The fraction of sp³-hybridized carbons (Fsp3) is 1.00. The van der Waals surface area contributed by atoms with Crippen molar-refractivity contribution in [1.29, 1.82) is 0 Å². The normalized spacial score (nSPS) is 24.3. The molecule has 1 rings (SSSR count). The predicted octanol–water partition coefficient (Wildman–Crippen LogP) is 5.15. The molecule has 0 saturated carbocycles. The summed E-state index contributed by atoms with van der Waals surface area (Å²) in [6.45, 7) is 3.33. The van der Waals surface area contributed by atoms with Crippen LogP contribution in [0.4, 0.5) is 0 Å². The Balaban J connectivity index is 1.91. The van der Waals surface area contributed by atoms with Gasteiger partial charge in [-0.3, -0.25) is 0 Å². The number of methoxy groups -OCH3 is 1. The van der Waals surface area contributed by atoms with E-state index >= 15 is 0 Å². The van der Waals surface area contributed by atoms with Gasteiger partial charge in [0.25, 0.3) is 0 Å². The van der Waals surface area contributed by atoms with Crippen LogP contribution in [-0.4, -0.2) is 72.8 Å². The third-order valence-corrected chi connectivity index (χ3v) is 6.92. The first kappa shape index (κ1) is 30.8. The van der Waals surface area contributed by atoms with E-state index in [1.165, 1.54) is 83.5 Å². The molecular weight excluding hydrogens is 420 g/mol. The number of aliphatic hydroxyl groups is 3. The average molecular weight is 475 g/mol. The SMILES string of the molecule is CCCCCCCCCCCCCCCCOCC(CC[C@H]1C[C@@H](O)[C@H](O)[C@@H](CO)O1)OC. The van der Waals surface area contributed by atoms with Crippen LogP contribution in [-0.2, 0) is 14.2 Å². The van der Waals surface area contributed by atoms with Gasteiger partial charge in [0.05, 0.1) is 31.5 Å². The first-order valence-electron chi connectivity index (χ1n) is 13.8. The monoisotopic (exact) mass is 474 g/mol. The van der Waals surface area contributed by atoms with Gasteiger partial charge in [-0.1, -0.05) is 90.4 Å². The fourth-order valence-corrected chi connectivity index (χ4v) is 4.63. The molecule has 6 nitrogen and oxygen atoms in total. The van der Waals surface area contributed by atoms with Gasteiger partial charge in [-0.05, 0) is 19.3 Å². The number of aliphatic hydroxyl groups excluding tert-OH is 3. The van der Waals surface area contributed by atoms with Gasteiger partial charge in [0.1, 0.15) is 12.2 Å². The molecule has 198 valence electrons. The van der Waals surface area contributed by atoms with Crippen LogP contribution in [0, 0.1) is 0 Å². The summed E-state index contributed by atoms with van der Waals surface area (Å²) in [7, 11) is 1.69. The van der Waals surface area contributed by atoms with Crippen LogP contribution >= 0.6 is 0 Å². The topological polar surface area (TPSA) is 88.4 Å². The van der Waals surface area contributed by atoms with Gasteiger partial charge in [-0.15, -0.1) is 0 Å². The molecule has 0 aromatic heterocycles. The Morgan fingerprint density at radius 1 is 0.848 bits per heavy atom. The van der Waals surface area contributed by atoms with Crippen molar-refractivity contribution < 1.29 is 29.5 Å². The molecule has 0 aromatic carbocycles. The molecule has 1 saturated heterocycles. The Bertz CT molecular complexity index is 421. The van der Waals surface area contributed by atoms with E-state index in [-0.39, 0.29) is 18.8 Å². The van der Waals surface area contributed by atoms with E-state index in [0.29, 0.717) is 19.4 Å². The number of unbranched alkanes of at least 4 members (excludes halogenated alkanes) is 13. The number of hydrogen-bond acceptors (Lipinski definition) is 6. The Morgan fingerprint density at radius 3 is 1.91 bits per heavy atom. The first-order valence-corrected chi connectivity index (χ1v) is 13.8. The summed E-state index contributed by atoms with van der Waals surface area (Å²) in [6, 6.07) is 0. The van der Waals surface area contributed by atoms with Crippen molar-refractivity contribution in [3.05, 3.63) is 0 Å². The van der Waals surface area contributed by atoms with Crippen LogP contribution in [0.3, 0.4) is 0 Å². The molecule has 0 amide bonds. The molecule has 0 aromatic rings. The summed E-state index contributed by atoms with van der Waals surface area (Å²) in [6.07, 6.45) is 18.1. The lowest BCUT2D eigenvalue weighted by atomic mass is 9.95. The minimum Gasteiger partial charge on any atom is -0.394 e. The average Bonchev–Trinajstić information content (AvgIpc) is 2.82. The highest BCUT2D eigenvalue weighted by atomic mass is 16.5. The Labute approximate surface area is 203 Å². The Morgan fingerprint density at radius 2 is 1.39 bits per heavy atom. The summed E-state index contributed by atoms with van der Waals surface area (Å²) in [4.78, 5) is 0. The highest BCUT2D eigenvalue weighted by Crippen LogP contribution is 2.24. The second-order valence-electron chi connectivity index (χ2n) is 9.88. The Hall–Kier alpha value is -0.240. The summed E-state index contributed by atoms with van der Waals surface area (Å²) in [5, 5.41) is 29.0. The minimum atomic E-state index is -1.02. The fourth-order valence-electron chi connectivity index (χ4n) is 4.63. The van der Waals surface area contributed by atoms with Crippen molar-refractivity contribution in [2.45, 2.75) is 147 Å². The second kappa shape index (κ2) is 21.1. The second-order valence-corrected chi connectivity index (χ2v) is 9.88. The molecular formula is C27H54O6. The highest BCUT2D eigenvalue weighted by Gasteiger charge is 2.36. The van der Waals surface area contributed by atoms with Gasteiger partial charge in [-0.25, -0.2) is 0 Å². The van der Waals surface area contributed by atoms with Crippen molar-refractivity contribution in [3.63, 3.8) is 0 Å². The molecule has 1 unspecified atom stereocenters. The van der Waals surface area contributed by atoms with Gasteiger partial charge < -0.3 is 29.5 Å². The van der Waals surface area contributed by atoms with Crippen LogP contribution in [0.5, 0.6) is 0 Å². The van der Waals surface area contributed by atoms with Crippen molar-refractivity contribution >= 4 is 0 Å². The molecule has 0 spiro atoms. The lowest BCUT2D eigenvalue weighted by molar-refractivity contribution is -0.182. The Kier molecular flexibility index (Phi) is 19.7. The largest absolute Gasteiger partial charge is 0.394 e. The molecule has 5 atom stereocenters. The zero-order chi connectivity index (χ0) is 24.2. The molecule has 3 N–H and O–H groups in total. The predicted molar refractivity (Wildman–Crippen MR) is 134 cm³/mol. The summed E-state index contributed by atoms with van der Waals surface area (Å²) >= 11 is 0. The van der Waals surface area contributed by atoms with Gasteiger partial charge >= 0.3 is 0 Å². The van der Waals surface area contributed by atoms with Gasteiger partial charge in [-0.2, -0.15) is 0 Å². The standard InChI is InChI=1S/C27H54O6/c1-3-4-5-6-7-8-9-10-11-12-13-14-15-16-19-32-22-24(31-2)18-17-23-20-25(29)27(30)26(21-28)33-23/h23-30H,3-22H2,1-2H3/t23-,24?,25+,26+,27-/m0/s1. The van der Waals surface area contributed by atoms with E-state index < -0.39 is 18.3 Å². The maximum absolute atomic E-state index is 9.93. The van der Waals surface area contributed by atoms with E-state index in [1.807, 2.05) is 0 Å². The molecule has 0 radical (unpaired) electrons. The van der Waals surface area contributed by atoms with Gasteiger partial charge in [0.15, 0.2) is 0 Å².